The molecule has 10 heteroatoms. The smallest absolute Gasteiger partial charge is 0.349 e. The molecule has 0 bridgehead atoms. The van der Waals surface area contributed by atoms with E-state index in [1.807, 2.05) is 0 Å². The molecule has 1 fully saturated rings. The number of hydrogen-bond acceptors (Lipinski definition) is 2. The number of halogens is 6. The van der Waals surface area contributed by atoms with E-state index in [9.17, 15) is 31.5 Å². The van der Waals surface area contributed by atoms with E-state index >= 15 is 0 Å². The summed E-state index contributed by atoms with van der Waals surface area (Å²) in [6.45, 7) is 0.507. The SMILES string of the molecule is CC(F)(F)C(NC(=O)/C=C/c1ccc(C(=O)NC2CC2)c(Cl)c1)c1cccc(C(F)(F)F)c1. The van der Waals surface area contributed by atoms with Crippen molar-refractivity contribution in [1.82, 2.24) is 10.6 Å². The van der Waals surface area contributed by atoms with E-state index in [2.05, 4.69) is 10.6 Å². The van der Waals surface area contributed by atoms with Crippen molar-refractivity contribution < 1.29 is 31.5 Å². The maximum absolute atomic E-state index is 14.1. The molecule has 0 saturated heterocycles. The van der Waals surface area contributed by atoms with E-state index in [-0.39, 0.29) is 28.1 Å². The van der Waals surface area contributed by atoms with Crippen LogP contribution in [-0.4, -0.2) is 23.8 Å². The maximum Gasteiger partial charge on any atom is 0.416 e. The minimum Gasteiger partial charge on any atom is -0.349 e. The van der Waals surface area contributed by atoms with Gasteiger partial charge in [-0.25, -0.2) is 8.78 Å². The van der Waals surface area contributed by atoms with Crippen LogP contribution in [0.4, 0.5) is 22.0 Å². The van der Waals surface area contributed by atoms with Crippen LogP contribution in [0, 0.1) is 0 Å². The number of hydrogen-bond donors (Lipinski definition) is 2. The Morgan fingerprint density at radius 1 is 1.09 bits per heavy atom. The van der Waals surface area contributed by atoms with Crippen LogP contribution in [-0.2, 0) is 11.0 Å². The molecule has 1 aliphatic rings. The third-order valence-electron chi connectivity index (χ3n) is 4.92. The van der Waals surface area contributed by atoms with Gasteiger partial charge in [0.2, 0.25) is 5.91 Å². The Labute approximate surface area is 191 Å². The number of amides is 2. The minimum absolute atomic E-state index is 0.151. The second kappa shape index (κ2) is 9.51. The summed E-state index contributed by atoms with van der Waals surface area (Å²) in [5.74, 6) is -4.79. The predicted octanol–water partition coefficient (Wildman–Crippen LogP) is 5.78. The molecule has 0 aromatic heterocycles. The Morgan fingerprint density at radius 2 is 1.79 bits per heavy atom. The number of rotatable bonds is 7. The van der Waals surface area contributed by atoms with E-state index in [1.54, 1.807) is 0 Å². The lowest BCUT2D eigenvalue weighted by atomic mass is 9.99. The third kappa shape index (κ3) is 6.77. The lowest BCUT2D eigenvalue weighted by Gasteiger charge is -2.25. The van der Waals surface area contributed by atoms with E-state index < -0.39 is 29.6 Å². The molecule has 33 heavy (non-hydrogen) atoms. The first-order chi connectivity index (χ1) is 15.3. The van der Waals surface area contributed by atoms with Gasteiger partial charge in [-0.2, -0.15) is 13.2 Å². The molecular weight excluding hydrogens is 467 g/mol. The highest BCUT2D eigenvalue weighted by atomic mass is 35.5. The zero-order chi connectivity index (χ0) is 24.4. The van der Waals surface area contributed by atoms with Gasteiger partial charge in [0.15, 0.2) is 0 Å². The van der Waals surface area contributed by atoms with E-state index in [4.69, 9.17) is 11.6 Å². The molecule has 0 heterocycles. The van der Waals surface area contributed by atoms with Gasteiger partial charge in [0.1, 0.15) is 6.04 Å². The lowest BCUT2D eigenvalue weighted by molar-refractivity contribution is -0.137. The lowest BCUT2D eigenvalue weighted by Crippen LogP contribution is -2.38. The van der Waals surface area contributed by atoms with Crippen molar-refractivity contribution in [3.63, 3.8) is 0 Å². The fraction of sp³-hybridized carbons (Fsp3) is 0.304. The Morgan fingerprint density at radius 3 is 2.36 bits per heavy atom. The summed E-state index contributed by atoms with van der Waals surface area (Å²) in [7, 11) is 0. The van der Waals surface area contributed by atoms with Gasteiger partial charge >= 0.3 is 6.18 Å². The van der Waals surface area contributed by atoms with Crippen molar-refractivity contribution in [2.24, 2.45) is 0 Å². The summed E-state index contributed by atoms with van der Waals surface area (Å²) in [6.07, 6.45) is -0.633. The molecule has 1 unspecified atom stereocenters. The Balaban J connectivity index is 1.73. The summed E-state index contributed by atoms with van der Waals surface area (Å²) in [6, 6.07) is 6.04. The Hall–Kier alpha value is -2.94. The van der Waals surface area contributed by atoms with Crippen LogP contribution in [0.25, 0.3) is 6.08 Å². The monoisotopic (exact) mass is 486 g/mol. The molecule has 0 aliphatic heterocycles. The number of benzene rings is 2. The van der Waals surface area contributed by atoms with Gasteiger partial charge < -0.3 is 10.6 Å². The highest BCUT2D eigenvalue weighted by molar-refractivity contribution is 6.34. The third-order valence-corrected chi connectivity index (χ3v) is 5.23. The first kappa shape index (κ1) is 24.7. The molecule has 3 rings (SSSR count). The van der Waals surface area contributed by atoms with Crippen LogP contribution < -0.4 is 10.6 Å². The van der Waals surface area contributed by atoms with Crippen LogP contribution in [0.5, 0.6) is 0 Å². The van der Waals surface area contributed by atoms with Crippen LogP contribution in [0.2, 0.25) is 5.02 Å². The van der Waals surface area contributed by atoms with Gasteiger partial charge in [-0.15, -0.1) is 0 Å². The molecule has 2 aromatic carbocycles. The van der Waals surface area contributed by atoms with Gasteiger partial charge in [-0.1, -0.05) is 29.8 Å². The standard InChI is InChI=1S/C23H20ClF5N2O2/c1-22(25,26)20(14-3-2-4-15(12-14)23(27,28)29)31-19(32)10-6-13-5-9-17(18(24)11-13)21(33)30-16-7-8-16/h2-6,9-12,16,20H,7-8H2,1H3,(H,30,33)(H,31,32)/b10-6+. The highest BCUT2D eigenvalue weighted by Gasteiger charge is 2.38. The van der Waals surface area contributed by atoms with Crippen LogP contribution in [0.15, 0.2) is 48.5 Å². The summed E-state index contributed by atoms with van der Waals surface area (Å²) in [4.78, 5) is 24.4. The summed E-state index contributed by atoms with van der Waals surface area (Å²) < 4.78 is 67.1. The highest BCUT2D eigenvalue weighted by Crippen LogP contribution is 2.35. The van der Waals surface area contributed by atoms with Gasteiger partial charge in [-0.05, 0) is 54.3 Å². The Bertz CT molecular complexity index is 1080. The average Bonchev–Trinajstić information content (AvgIpc) is 3.53. The number of alkyl halides is 5. The molecule has 1 saturated carbocycles. The summed E-state index contributed by atoms with van der Waals surface area (Å²) in [5.41, 5.74) is -0.787. The van der Waals surface area contributed by atoms with Crippen LogP contribution >= 0.6 is 11.6 Å². The normalized spacial score (nSPS) is 15.4. The van der Waals surface area contributed by atoms with Crippen molar-refractivity contribution in [3.8, 4) is 0 Å². The van der Waals surface area contributed by atoms with E-state index in [1.165, 1.54) is 24.3 Å². The molecule has 176 valence electrons. The molecule has 2 amide bonds. The first-order valence-electron chi connectivity index (χ1n) is 9.98. The predicted molar refractivity (Wildman–Crippen MR) is 114 cm³/mol. The maximum atomic E-state index is 14.1. The zero-order valence-corrected chi connectivity index (χ0v) is 18.1. The van der Waals surface area contributed by atoms with Crippen LogP contribution in [0.1, 0.15) is 52.9 Å². The largest absolute Gasteiger partial charge is 0.416 e. The summed E-state index contributed by atoms with van der Waals surface area (Å²) in [5, 5.41) is 5.00. The second-order valence-electron chi connectivity index (χ2n) is 7.84. The molecule has 4 nitrogen and oxygen atoms in total. The van der Waals surface area contributed by atoms with Crippen molar-refractivity contribution >= 4 is 29.5 Å². The number of carbonyl (C=O) groups excluding carboxylic acids is 2. The average molecular weight is 487 g/mol. The molecule has 0 spiro atoms. The van der Waals surface area contributed by atoms with Crippen molar-refractivity contribution in [2.45, 2.75) is 43.9 Å². The van der Waals surface area contributed by atoms with Crippen molar-refractivity contribution in [1.29, 1.82) is 0 Å². The number of nitrogens with one attached hydrogen (secondary N) is 2. The molecule has 2 aromatic rings. The minimum atomic E-state index is -4.71. The van der Waals surface area contributed by atoms with Gasteiger partial charge in [0.25, 0.3) is 11.8 Å². The van der Waals surface area contributed by atoms with Gasteiger partial charge in [0, 0.05) is 19.0 Å². The fourth-order valence-electron chi connectivity index (χ4n) is 3.07. The number of carbonyl (C=O) groups is 2. The molecule has 2 N–H and O–H groups in total. The van der Waals surface area contributed by atoms with E-state index in [0.717, 1.165) is 37.1 Å². The molecule has 0 radical (unpaired) electrons. The van der Waals surface area contributed by atoms with E-state index in [0.29, 0.717) is 18.6 Å². The molecule has 1 aliphatic carbocycles. The second-order valence-corrected chi connectivity index (χ2v) is 8.25. The Kier molecular flexibility index (Phi) is 7.11. The first-order valence-corrected chi connectivity index (χ1v) is 10.4. The van der Waals surface area contributed by atoms with Gasteiger partial charge in [-0.3, -0.25) is 9.59 Å². The van der Waals surface area contributed by atoms with Crippen molar-refractivity contribution in [3.05, 3.63) is 75.8 Å². The summed E-state index contributed by atoms with van der Waals surface area (Å²) >= 11 is 6.13. The topological polar surface area (TPSA) is 58.2 Å². The molecular formula is C23H20ClF5N2O2. The van der Waals surface area contributed by atoms with Gasteiger partial charge in [0.05, 0.1) is 16.1 Å². The fourth-order valence-corrected chi connectivity index (χ4v) is 3.34. The van der Waals surface area contributed by atoms with Crippen LogP contribution in [0.3, 0.4) is 0 Å². The molecule has 1 atom stereocenters. The van der Waals surface area contributed by atoms with Crippen molar-refractivity contribution in [2.75, 3.05) is 0 Å². The quantitative estimate of drug-likeness (QED) is 0.385. The zero-order valence-electron chi connectivity index (χ0n) is 17.3.